The molecule has 0 heterocycles. The van der Waals surface area contributed by atoms with Gasteiger partial charge in [-0.2, -0.15) is 0 Å². The highest BCUT2D eigenvalue weighted by Crippen LogP contribution is 2.28. The first-order valence-electron chi connectivity index (χ1n) is 5.45. The second kappa shape index (κ2) is 5.88. The molecule has 102 valence electrons. The molecule has 0 amide bonds. The van der Waals surface area contributed by atoms with Crippen LogP contribution in [0.25, 0.3) is 0 Å². The molecule has 0 unspecified atom stereocenters. The normalized spacial score (nSPS) is 17.7. The van der Waals surface area contributed by atoms with Gasteiger partial charge in [-0.15, -0.1) is 12.4 Å². The minimum atomic E-state index is -3.45. The van der Waals surface area contributed by atoms with Crippen LogP contribution < -0.4 is 10.5 Å². The fraction of sp³-hybridized carbons (Fsp3) is 0.455. The molecule has 1 aliphatic carbocycles. The smallest absolute Gasteiger partial charge is 0.240 e. The molecule has 0 saturated heterocycles. The van der Waals surface area contributed by atoms with Crippen LogP contribution in [0.15, 0.2) is 33.6 Å². The van der Waals surface area contributed by atoms with Gasteiger partial charge in [0.1, 0.15) is 0 Å². The topological polar surface area (TPSA) is 72.2 Å². The summed E-state index contributed by atoms with van der Waals surface area (Å²) in [5, 5.41) is 0. The fourth-order valence-electron chi connectivity index (χ4n) is 1.76. The predicted octanol–water partition coefficient (Wildman–Crippen LogP) is 2.03. The molecule has 0 atom stereocenters. The maximum atomic E-state index is 12.0. The zero-order chi connectivity index (χ0) is 12.5. The lowest BCUT2D eigenvalue weighted by atomic mass is 9.78. The highest BCUT2D eigenvalue weighted by molar-refractivity contribution is 9.10. The summed E-state index contributed by atoms with van der Waals surface area (Å²) in [5.74, 6) is 0. The van der Waals surface area contributed by atoms with E-state index in [0.717, 1.165) is 23.7 Å². The van der Waals surface area contributed by atoms with E-state index in [4.69, 9.17) is 5.73 Å². The number of nitrogens with two attached hydrogens (primary N) is 1. The summed E-state index contributed by atoms with van der Waals surface area (Å²) < 4.78 is 27.3. The lowest BCUT2D eigenvalue weighted by Crippen LogP contribution is -2.54. The number of halogens is 2. The first kappa shape index (κ1) is 15.9. The van der Waals surface area contributed by atoms with Crippen molar-refractivity contribution in [2.24, 2.45) is 5.73 Å². The van der Waals surface area contributed by atoms with Crippen molar-refractivity contribution in [2.45, 2.75) is 29.7 Å². The minimum absolute atomic E-state index is 0. The zero-order valence-electron chi connectivity index (χ0n) is 9.73. The summed E-state index contributed by atoms with van der Waals surface area (Å²) in [5.41, 5.74) is 5.63. The Morgan fingerprint density at radius 3 is 2.56 bits per heavy atom. The van der Waals surface area contributed by atoms with Crippen LogP contribution in [0.4, 0.5) is 0 Å². The van der Waals surface area contributed by atoms with Gasteiger partial charge in [0.15, 0.2) is 0 Å². The molecule has 0 aliphatic heterocycles. The Labute approximate surface area is 122 Å². The average Bonchev–Trinajstić information content (AvgIpc) is 2.24. The molecule has 0 radical (unpaired) electrons. The first-order chi connectivity index (χ1) is 7.91. The molecule has 2 rings (SSSR count). The van der Waals surface area contributed by atoms with Crippen LogP contribution in [0.3, 0.4) is 0 Å². The van der Waals surface area contributed by atoms with Gasteiger partial charge in [0.05, 0.1) is 4.90 Å². The molecule has 1 aromatic carbocycles. The van der Waals surface area contributed by atoms with Crippen molar-refractivity contribution in [2.75, 3.05) is 6.54 Å². The fourth-order valence-corrected chi connectivity index (χ4v) is 3.50. The largest absolute Gasteiger partial charge is 0.324 e. The van der Waals surface area contributed by atoms with Crippen LogP contribution in [0.5, 0.6) is 0 Å². The quantitative estimate of drug-likeness (QED) is 0.868. The molecule has 18 heavy (non-hydrogen) atoms. The van der Waals surface area contributed by atoms with E-state index < -0.39 is 10.0 Å². The molecule has 0 aromatic heterocycles. The maximum Gasteiger partial charge on any atom is 0.240 e. The summed E-state index contributed by atoms with van der Waals surface area (Å²) in [6, 6.07) is 6.62. The van der Waals surface area contributed by atoms with Gasteiger partial charge in [0.25, 0.3) is 0 Å². The lowest BCUT2D eigenvalue weighted by Gasteiger charge is -2.37. The van der Waals surface area contributed by atoms with Gasteiger partial charge >= 0.3 is 0 Å². The van der Waals surface area contributed by atoms with Crippen molar-refractivity contribution in [3.63, 3.8) is 0 Å². The van der Waals surface area contributed by atoms with Crippen molar-refractivity contribution in [3.05, 3.63) is 28.7 Å². The van der Waals surface area contributed by atoms with Gasteiger partial charge in [0, 0.05) is 16.6 Å². The summed E-state index contributed by atoms with van der Waals surface area (Å²) in [7, 11) is -3.45. The van der Waals surface area contributed by atoms with Crippen LogP contribution in [-0.2, 0) is 10.0 Å². The van der Waals surface area contributed by atoms with E-state index in [2.05, 4.69) is 20.7 Å². The molecule has 1 fully saturated rings. The number of benzene rings is 1. The zero-order valence-corrected chi connectivity index (χ0v) is 12.9. The molecule has 1 aromatic rings. The second-order valence-electron chi connectivity index (χ2n) is 4.50. The Morgan fingerprint density at radius 1 is 1.39 bits per heavy atom. The summed E-state index contributed by atoms with van der Waals surface area (Å²) in [6.45, 7) is 0.307. The molecular formula is C11H16BrClN2O2S. The number of hydrogen-bond acceptors (Lipinski definition) is 3. The second-order valence-corrected chi connectivity index (χ2v) is 7.18. The number of hydrogen-bond donors (Lipinski definition) is 2. The standard InChI is InChI=1S/C11H15BrN2O2S.ClH/c12-9-3-1-4-10(7-9)17(15,16)14-8-11(13)5-2-6-11;/h1,3-4,7,14H,2,5-6,8,13H2;1H. The van der Waals surface area contributed by atoms with E-state index in [9.17, 15) is 8.42 Å². The van der Waals surface area contributed by atoms with E-state index in [1.165, 1.54) is 0 Å². The third kappa shape index (κ3) is 3.68. The van der Waals surface area contributed by atoms with Gasteiger partial charge < -0.3 is 5.73 Å². The minimum Gasteiger partial charge on any atom is -0.324 e. The Hall–Kier alpha value is -0.140. The van der Waals surface area contributed by atoms with Crippen molar-refractivity contribution < 1.29 is 8.42 Å². The summed E-state index contributed by atoms with van der Waals surface area (Å²) in [6.07, 6.45) is 2.84. The lowest BCUT2D eigenvalue weighted by molar-refractivity contribution is 0.251. The van der Waals surface area contributed by atoms with Crippen molar-refractivity contribution >= 4 is 38.4 Å². The van der Waals surface area contributed by atoms with Gasteiger partial charge in [-0.3, -0.25) is 0 Å². The number of rotatable bonds is 4. The van der Waals surface area contributed by atoms with Crippen molar-refractivity contribution in [1.29, 1.82) is 0 Å². The van der Waals surface area contributed by atoms with Crippen LogP contribution in [-0.4, -0.2) is 20.5 Å². The molecular weight excluding hydrogens is 340 g/mol. The molecule has 3 N–H and O–H groups in total. The van der Waals surface area contributed by atoms with Crippen LogP contribution in [0, 0.1) is 0 Å². The van der Waals surface area contributed by atoms with Crippen molar-refractivity contribution in [3.8, 4) is 0 Å². The van der Waals surface area contributed by atoms with E-state index in [0.29, 0.717) is 6.54 Å². The average molecular weight is 356 g/mol. The monoisotopic (exact) mass is 354 g/mol. The van der Waals surface area contributed by atoms with Gasteiger partial charge in [-0.1, -0.05) is 22.0 Å². The molecule has 1 saturated carbocycles. The highest BCUT2D eigenvalue weighted by Gasteiger charge is 2.33. The van der Waals surface area contributed by atoms with E-state index in [1.54, 1.807) is 24.3 Å². The molecule has 7 heteroatoms. The maximum absolute atomic E-state index is 12.0. The molecule has 1 aliphatic rings. The van der Waals surface area contributed by atoms with E-state index in [1.807, 2.05) is 0 Å². The van der Waals surface area contributed by atoms with Crippen LogP contribution in [0.2, 0.25) is 0 Å². The van der Waals surface area contributed by atoms with Gasteiger partial charge in [0.2, 0.25) is 10.0 Å². The first-order valence-corrected chi connectivity index (χ1v) is 7.73. The molecule has 0 spiro atoms. The summed E-state index contributed by atoms with van der Waals surface area (Å²) in [4.78, 5) is 0.259. The Balaban J connectivity index is 0.00000162. The predicted molar refractivity (Wildman–Crippen MR) is 77.3 cm³/mol. The van der Waals surface area contributed by atoms with Crippen LogP contribution >= 0.6 is 28.3 Å². The van der Waals surface area contributed by atoms with Crippen molar-refractivity contribution in [1.82, 2.24) is 4.72 Å². The SMILES string of the molecule is Cl.NC1(CNS(=O)(=O)c2cccc(Br)c2)CCC1. The van der Waals surface area contributed by atoms with E-state index >= 15 is 0 Å². The van der Waals surface area contributed by atoms with Gasteiger partial charge in [-0.25, -0.2) is 13.1 Å². The Bertz CT molecular complexity index is 518. The van der Waals surface area contributed by atoms with Crippen LogP contribution in [0.1, 0.15) is 19.3 Å². The third-order valence-corrected chi connectivity index (χ3v) is 4.96. The molecule has 4 nitrogen and oxygen atoms in total. The van der Waals surface area contributed by atoms with Gasteiger partial charge in [-0.05, 0) is 37.5 Å². The third-order valence-electron chi connectivity index (χ3n) is 3.07. The molecule has 0 bridgehead atoms. The Kier molecular flexibility index (Phi) is 5.20. The number of nitrogens with one attached hydrogen (secondary N) is 1. The number of sulfonamides is 1. The van der Waals surface area contributed by atoms with E-state index in [-0.39, 0.29) is 22.8 Å². The Morgan fingerprint density at radius 2 is 2.06 bits per heavy atom. The highest BCUT2D eigenvalue weighted by atomic mass is 79.9. The summed E-state index contributed by atoms with van der Waals surface area (Å²) >= 11 is 3.25.